The number of hydrogen-bond donors (Lipinski definition) is 0. The molecule has 4 aromatic rings. The number of nitrogens with zero attached hydrogens (tertiary/aromatic N) is 4. The van der Waals surface area contributed by atoms with Gasteiger partial charge in [-0.1, -0.05) is 29.8 Å². The zero-order valence-corrected chi connectivity index (χ0v) is 23.8. The molecule has 6 heteroatoms. The zero-order chi connectivity index (χ0) is 27.5. The Morgan fingerprint density at radius 1 is 0.949 bits per heavy atom. The van der Waals surface area contributed by atoms with Crippen molar-refractivity contribution >= 4 is 34.6 Å². The number of rotatable bonds is 8. The van der Waals surface area contributed by atoms with Gasteiger partial charge in [-0.3, -0.25) is 9.78 Å². The highest BCUT2D eigenvalue weighted by Crippen LogP contribution is 2.41. The van der Waals surface area contributed by atoms with Crippen molar-refractivity contribution in [1.82, 2.24) is 4.98 Å². The topological polar surface area (TPSA) is 39.7 Å². The predicted molar refractivity (Wildman–Crippen MR) is 162 cm³/mol. The van der Waals surface area contributed by atoms with Crippen molar-refractivity contribution in [2.75, 3.05) is 28.3 Å². The highest BCUT2D eigenvalue weighted by molar-refractivity contribution is 6.30. The molecule has 3 aromatic carbocycles. The second-order valence-corrected chi connectivity index (χ2v) is 10.8. The Kier molecular flexibility index (Phi) is 7.89. The molecule has 0 aliphatic carbocycles. The van der Waals surface area contributed by atoms with Crippen LogP contribution in [0.5, 0.6) is 0 Å². The summed E-state index contributed by atoms with van der Waals surface area (Å²) < 4.78 is 0. The fourth-order valence-electron chi connectivity index (χ4n) is 5.54. The summed E-state index contributed by atoms with van der Waals surface area (Å²) in [7, 11) is 2.07. The first-order valence-electron chi connectivity index (χ1n) is 13.5. The molecule has 5 rings (SSSR count). The van der Waals surface area contributed by atoms with E-state index in [1.807, 2.05) is 53.7 Å². The van der Waals surface area contributed by atoms with Crippen LogP contribution in [0.1, 0.15) is 49.1 Å². The highest BCUT2D eigenvalue weighted by Gasteiger charge is 2.35. The monoisotopic (exact) mass is 538 g/mol. The number of amides is 1. The minimum absolute atomic E-state index is 0.0873. The first-order chi connectivity index (χ1) is 18.9. The van der Waals surface area contributed by atoms with Crippen molar-refractivity contribution in [3.63, 3.8) is 0 Å². The second-order valence-electron chi connectivity index (χ2n) is 10.4. The lowest BCUT2D eigenvalue weighted by atomic mass is 9.86. The van der Waals surface area contributed by atoms with Gasteiger partial charge in [0.2, 0.25) is 5.91 Å². The normalized spacial score (nSPS) is 14.9. The second kappa shape index (κ2) is 11.5. The number of pyridine rings is 1. The van der Waals surface area contributed by atoms with Gasteiger partial charge in [-0.15, -0.1) is 0 Å². The lowest BCUT2D eigenvalue weighted by molar-refractivity contribution is -0.118. The molecule has 5 nitrogen and oxygen atoms in total. The molecule has 0 fully saturated rings. The Hall–Kier alpha value is -3.83. The van der Waals surface area contributed by atoms with Crippen molar-refractivity contribution in [2.24, 2.45) is 0 Å². The fraction of sp³-hybridized carbons (Fsp3) is 0.273. The largest absolute Gasteiger partial charge is 0.370 e. The standard InChI is InChI=1S/C33H35ClN4O/c1-5-37(23(2)3)30-11-8-26-20-32(39)38(33(31(26)21-30)25-6-9-27(34)10-7-25)29-14-12-28(13-15-29)36(4)22-24-16-18-35-19-17-24/h6-19,21,23,33H,5,20,22H2,1-4H3. The first kappa shape index (κ1) is 26.8. The van der Waals surface area contributed by atoms with Gasteiger partial charge in [-0.25, -0.2) is 0 Å². The summed E-state index contributed by atoms with van der Waals surface area (Å²) in [4.78, 5) is 24.4. The number of halogens is 1. The minimum Gasteiger partial charge on any atom is -0.370 e. The first-order valence-corrected chi connectivity index (χ1v) is 13.9. The van der Waals surface area contributed by atoms with Crippen molar-refractivity contribution in [3.8, 4) is 0 Å². The molecule has 1 aliphatic heterocycles. The van der Waals surface area contributed by atoms with Crippen LogP contribution in [0.2, 0.25) is 5.02 Å². The number of benzene rings is 3. The van der Waals surface area contributed by atoms with Crippen molar-refractivity contribution < 1.29 is 4.79 Å². The van der Waals surface area contributed by atoms with Crippen molar-refractivity contribution in [2.45, 2.75) is 45.8 Å². The maximum atomic E-state index is 13.7. The molecule has 0 saturated heterocycles. The quantitative estimate of drug-likeness (QED) is 0.236. The molecular formula is C33H35ClN4O. The minimum atomic E-state index is -0.246. The van der Waals surface area contributed by atoms with Gasteiger partial charge >= 0.3 is 0 Å². The van der Waals surface area contributed by atoms with Gasteiger partial charge in [0, 0.05) is 60.7 Å². The van der Waals surface area contributed by atoms with Gasteiger partial charge in [-0.05, 0) is 104 Å². The zero-order valence-electron chi connectivity index (χ0n) is 23.0. The SMILES string of the molecule is CCN(c1ccc2c(c1)C(c1ccc(Cl)cc1)N(c1ccc(N(C)Cc3ccncc3)cc1)C(=O)C2)C(C)C. The van der Waals surface area contributed by atoms with Crippen LogP contribution in [-0.2, 0) is 17.8 Å². The third-order valence-corrected chi connectivity index (χ3v) is 7.76. The van der Waals surface area contributed by atoms with Crippen LogP contribution in [0.15, 0.2) is 91.3 Å². The Morgan fingerprint density at radius 2 is 1.62 bits per heavy atom. The predicted octanol–water partition coefficient (Wildman–Crippen LogP) is 7.28. The molecule has 2 heterocycles. The Balaban J connectivity index is 1.53. The molecule has 200 valence electrons. The number of hydrogen-bond acceptors (Lipinski definition) is 4. The van der Waals surface area contributed by atoms with E-state index in [0.29, 0.717) is 17.5 Å². The summed E-state index contributed by atoms with van der Waals surface area (Å²) in [6, 6.07) is 26.9. The van der Waals surface area contributed by atoms with Gasteiger partial charge in [0.15, 0.2) is 0 Å². The van der Waals surface area contributed by atoms with E-state index in [9.17, 15) is 4.79 Å². The lowest BCUT2D eigenvalue weighted by Gasteiger charge is -2.39. The number of carbonyl (C=O) groups excluding carboxylic acids is 1. The van der Waals surface area contributed by atoms with Gasteiger partial charge in [0.25, 0.3) is 0 Å². The maximum absolute atomic E-state index is 13.7. The molecule has 0 spiro atoms. The molecule has 1 atom stereocenters. The fourth-order valence-corrected chi connectivity index (χ4v) is 5.67. The van der Waals surface area contributed by atoms with Crippen LogP contribution in [-0.4, -0.2) is 30.5 Å². The molecule has 39 heavy (non-hydrogen) atoms. The smallest absolute Gasteiger partial charge is 0.232 e. The molecule has 1 aliphatic rings. The Morgan fingerprint density at radius 3 is 2.26 bits per heavy atom. The lowest BCUT2D eigenvalue weighted by Crippen LogP contribution is -2.41. The number of fused-ring (bicyclic) bond motifs is 1. The van der Waals surface area contributed by atoms with Crippen LogP contribution < -0.4 is 14.7 Å². The van der Waals surface area contributed by atoms with Crippen LogP contribution in [0.4, 0.5) is 17.1 Å². The summed E-state index contributed by atoms with van der Waals surface area (Å²) in [5.74, 6) is 0.0873. The van der Waals surface area contributed by atoms with E-state index in [1.54, 1.807) is 0 Å². The van der Waals surface area contributed by atoms with E-state index in [1.165, 1.54) is 11.3 Å². The van der Waals surface area contributed by atoms with Crippen LogP contribution in [0.25, 0.3) is 0 Å². The van der Waals surface area contributed by atoms with Gasteiger partial charge in [0.1, 0.15) is 0 Å². The van der Waals surface area contributed by atoms with E-state index in [2.05, 4.69) is 85.1 Å². The summed E-state index contributed by atoms with van der Waals surface area (Å²) in [6.07, 6.45) is 4.00. The van der Waals surface area contributed by atoms with Crippen molar-refractivity contribution in [3.05, 3.63) is 119 Å². The van der Waals surface area contributed by atoms with E-state index in [-0.39, 0.29) is 11.9 Å². The summed E-state index contributed by atoms with van der Waals surface area (Å²) in [5, 5.41) is 0.681. The van der Waals surface area contributed by atoms with Gasteiger partial charge in [0.05, 0.1) is 12.5 Å². The number of aromatic nitrogens is 1. The number of carbonyl (C=O) groups is 1. The Bertz CT molecular complexity index is 1420. The molecule has 0 N–H and O–H groups in total. The molecule has 1 amide bonds. The van der Waals surface area contributed by atoms with E-state index in [4.69, 9.17) is 11.6 Å². The highest BCUT2D eigenvalue weighted by atomic mass is 35.5. The average molecular weight is 539 g/mol. The maximum Gasteiger partial charge on any atom is 0.232 e. The summed E-state index contributed by atoms with van der Waals surface area (Å²) >= 11 is 6.26. The third-order valence-electron chi connectivity index (χ3n) is 7.51. The van der Waals surface area contributed by atoms with E-state index in [0.717, 1.165) is 41.2 Å². The molecular weight excluding hydrogens is 504 g/mol. The molecule has 0 saturated carbocycles. The molecule has 0 bridgehead atoms. The van der Waals surface area contributed by atoms with E-state index < -0.39 is 0 Å². The molecule has 0 radical (unpaired) electrons. The van der Waals surface area contributed by atoms with Crippen LogP contribution in [0.3, 0.4) is 0 Å². The third kappa shape index (κ3) is 5.64. The molecule has 1 aromatic heterocycles. The number of anilines is 3. The van der Waals surface area contributed by atoms with Gasteiger partial charge in [-0.2, -0.15) is 0 Å². The van der Waals surface area contributed by atoms with Gasteiger partial charge < -0.3 is 14.7 Å². The Labute approximate surface area is 236 Å². The average Bonchev–Trinajstić information content (AvgIpc) is 2.94. The molecule has 1 unspecified atom stereocenters. The summed E-state index contributed by atoms with van der Waals surface area (Å²) in [6.45, 7) is 8.29. The van der Waals surface area contributed by atoms with Crippen molar-refractivity contribution in [1.29, 1.82) is 0 Å². The van der Waals surface area contributed by atoms with Crippen LogP contribution >= 0.6 is 11.6 Å². The van der Waals surface area contributed by atoms with Crippen LogP contribution in [0, 0.1) is 0 Å². The summed E-state index contributed by atoms with van der Waals surface area (Å²) in [5.41, 5.74) is 7.61. The van der Waals surface area contributed by atoms with E-state index >= 15 is 0 Å².